The molecule has 0 saturated carbocycles. The van der Waals surface area contributed by atoms with Crippen molar-refractivity contribution in [2.24, 2.45) is 0 Å². The first-order valence-electron chi connectivity index (χ1n) is 6.77. The highest BCUT2D eigenvalue weighted by molar-refractivity contribution is 9.10. The summed E-state index contributed by atoms with van der Waals surface area (Å²) in [6.45, 7) is 2.99. The summed E-state index contributed by atoms with van der Waals surface area (Å²) in [5.74, 6) is 0.820. The maximum Gasteiger partial charge on any atom is 0.253 e. The molecule has 0 fully saturated rings. The summed E-state index contributed by atoms with van der Waals surface area (Å²) in [5.41, 5.74) is 1.74. The third kappa shape index (κ3) is 4.33. The predicted octanol–water partition coefficient (Wildman–Crippen LogP) is 3.91. The van der Waals surface area contributed by atoms with Crippen LogP contribution in [0.4, 0.5) is 0 Å². The van der Waals surface area contributed by atoms with E-state index >= 15 is 0 Å². The van der Waals surface area contributed by atoms with Crippen molar-refractivity contribution in [3.05, 3.63) is 64.1 Å². The number of benzene rings is 2. The molecule has 0 bridgehead atoms. The lowest BCUT2D eigenvalue weighted by atomic mass is 10.1. The summed E-state index contributed by atoms with van der Waals surface area (Å²) < 4.78 is 6.61. The first-order chi connectivity index (χ1) is 10.1. The van der Waals surface area contributed by atoms with Crippen molar-refractivity contribution in [2.45, 2.75) is 6.92 Å². The molecule has 3 nitrogen and oxygen atoms in total. The number of nitrogens with zero attached hydrogens (tertiary/aromatic N) is 1. The van der Waals surface area contributed by atoms with Crippen molar-refractivity contribution < 1.29 is 9.53 Å². The third-order valence-electron chi connectivity index (χ3n) is 3.19. The summed E-state index contributed by atoms with van der Waals surface area (Å²) in [7, 11) is 1.79. The van der Waals surface area contributed by atoms with Crippen LogP contribution in [0.1, 0.15) is 15.9 Å². The fourth-order valence-corrected chi connectivity index (χ4v) is 2.16. The fourth-order valence-electron chi connectivity index (χ4n) is 1.92. The van der Waals surface area contributed by atoms with Gasteiger partial charge in [-0.2, -0.15) is 0 Å². The van der Waals surface area contributed by atoms with Crippen LogP contribution in [-0.4, -0.2) is 31.0 Å². The van der Waals surface area contributed by atoms with Gasteiger partial charge >= 0.3 is 0 Å². The van der Waals surface area contributed by atoms with Gasteiger partial charge in [0.15, 0.2) is 0 Å². The number of carbonyl (C=O) groups is 1. The van der Waals surface area contributed by atoms with Crippen molar-refractivity contribution in [3.8, 4) is 5.75 Å². The van der Waals surface area contributed by atoms with Crippen LogP contribution in [0.2, 0.25) is 0 Å². The van der Waals surface area contributed by atoms with Crippen LogP contribution in [0.3, 0.4) is 0 Å². The Labute approximate surface area is 133 Å². The molecule has 21 heavy (non-hydrogen) atoms. The Bertz CT molecular complexity index is 613. The van der Waals surface area contributed by atoms with E-state index in [0.717, 1.165) is 15.8 Å². The quantitative estimate of drug-likeness (QED) is 0.820. The smallest absolute Gasteiger partial charge is 0.253 e. The molecular formula is C17H18BrNO2. The second-order valence-corrected chi connectivity index (χ2v) is 5.71. The van der Waals surface area contributed by atoms with E-state index in [1.165, 1.54) is 0 Å². The van der Waals surface area contributed by atoms with E-state index in [1.54, 1.807) is 11.9 Å². The molecule has 2 aromatic carbocycles. The van der Waals surface area contributed by atoms with Crippen LogP contribution in [0.15, 0.2) is 53.0 Å². The Morgan fingerprint density at radius 2 is 1.90 bits per heavy atom. The van der Waals surface area contributed by atoms with E-state index in [2.05, 4.69) is 15.9 Å². The van der Waals surface area contributed by atoms with E-state index < -0.39 is 0 Å². The Morgan fingerprint density at radius 3 is 2.57 bits per heavy atom. The molecule has 0 atom stereocenters. The molecule has 2 aromatic rings. The molecule has 4 heteroatoms. The number of halogens is 1. The molecule has 2 rings (SSSR count). The molecule has 0 aromatic heterocycles. The number of para-hydroxylation sites is 1. The third-order valence-corrected chi connectivity index (χ3v) is 4.08. The lowest BCUT2D eigenvalue weighted by molar-refractivity contribution is 0.0773. The van der Waals surface area contributed by atoms with E-state index in [9.17, 15) is 4.79 Å². The van der Waals surface area contributed by atoms with Gasteiger partial charge in [-0.3, -0.25) is 4.79 Å². The van der Waals surface area contributed by atoms with E-state index in [0.29, 0.717) is 18.7 Å². The fraction of sp³-hybridized carbons (Fsp3) is 0.235. The number of amides is 1. The molecular weight excluding hydrogens is 330 g/mol. The zero-order chi connectivity index (χ0) is 15.2. The van der Waals surface area contributed by atoms with Gasteiger partial charge < -0.3 is 9.64 Å². The highest BCUT2D eigenvalue weighted by Gasteiger charge is 2.12. The zero-order valence-electron chi connectivity index (χ0n) is 12.2. The predicted molar refractivity (Wildman–Crippen MR) is 87.8 cm³/mol. The van der Waals surface area contributed by atoms with Crippen molar-refractivity contribution >= 4 is 21.8 Å². The van der Waals surface area contributed by atoms with Gasteiger partial charge in [0.05, 0.1) is 6.54 Å². The van der Waals surface area contributed by atoms with E-state index in [4.69, 9.17) is 4.74 Å². The van der Waals surface area contributed by atoms with Gasteiger partial charge in [-0.25, -0.2) is 0 Å². The van der Waals surface area contributed by atoms with Crippen LogP contribution in [0.5, 0.6) is 5.75 Å². The molecule has 0 spiro atoms. The summed E-state index contributed by atoms with van der Waals surface area (Å²) in [6.07, 6.45) is 0. The van der Waals surface area contributed by atoms with Crippen LogP contribution in [0, 0.1) is 6.92 Å². The number of ether oxygens (including phenoxy) is 1. The molecule has 0 saturated heterocycles. The lowest BCUT2D eigenvalue weighted by Gasteiger charge is -2.18. The number of aryl methyl sites for hydroxylation is 1. The molecule has 0 aliphatic rings. The van der Waals surface area contributed by atoms with Crippen molar-refractivity contribution in [1.82, 2.24) is 4.90 Å². The summed E-state index contributed by atoms with van der Waals surface area (Å²) in [6, 6.07) is 15.2. The molecule has 0 heterocycles. The monoisotopic (exact) mass is 347 g/mol. The molecule has 0 N–H and O–H groups in total. The Hall–Kier alpha value is -1.81. The largest absolute Gasteiger partial charge is 0.492 e. The van der Waals surface area contributed by atoms with Gasteiger partial charge in [0.25, 0.3) is 5.91 Å². The molecule has 1 amide bonds. The van der Waals surface area contributed by atoms with Crippen molar-refractivity contribution in [1.29, 1.82) is 0 Å². The van der Waals surface area contributed by atoms with Gasteiger partial charge in [-0.05, 0) is 42.8 Å². The highest BCUT2D eigenvalue weighted by atomic mass is 79.9. The number of rotatable bonds is 5. The lowest BCUT2D eigenvalue weighted by Crippen LogP contribution is -2.30. The van der Waals surface area contributed by atoms with Crippen LogP contribution in [0.25, 0.3) is 0 Å². The number of carbonyl (C=O) groups excluding carboxylic acids is 1. The van der Waals surface area contributed by atoms with Gasteiger partial charge in [0, 0.05) is 17.1 Å². The summed E-state index contributed by atoms with van der Waals surface area (Å²) in [5, 5.41) is 0. The first-order valence-corrected chi connectivity index (χ1v) is 7.56. The minimum absolute atomic E-state index is 0.00209. The zero-order valence-corrected chi connectivity index (χ0v) is 13.8. The number of hydrogen-bond donors (Lipinski definition) is 0. The van der Waals surface area contributed by atoms with Gasteiger partial charge in [-0.1, -0.05) is 34.1 Å². The molecule has 0 aliphatic heterocycles. The molecule has 0 radical (unpaired) electrons. The first kappa shape index (κ1) is 15.6. The Kier molecular flexibility index (Phi) is 5.39. The average molecular weight is 348 g/mol. The molecule has 0 aliphatic carbocycles. The standard InChI is InChI=1S/C17H18BrNO2/c1-13-12-14(8-9-16(13)18)17(20)19(2)10-11-21-15-6-4-3-5-7-15/h3-9,12H,10-11H2,1-2H3. The Morgan fingerprint density at radius 1 is 1.19 bits per heavy atom. The number of likely N-dealkylation sites (N-methyl/N-ethyl adjacent to an activating group) is 1. The molecule has 0 unspecified atom stereocenters. The average Bonchev–Trinajstić information content (AvgIpc) is 2.50. The molecule has 110 valence electrons. The van der Waals surface area contributed by atoms with Crippen molar-refractivity contribution in [3.63, 3.8) is 0 Å². The topological polar surface area (TPSA) is 29.5 Å². The maximum atomic E-state index is 12.3. The van der Waals surface area contributed by atoms with E-state index in [-0.39, 0.29) is 5.91 Å². The second kappa shape index (κ2) is 7.27. The van der Waals surface area contributed by atoms with Crippen LogP contribution < -0.4 is 4.74 Å². The normalized spacial score (nSPS) is 10.2. The number of hydrogen-bond acceptors (Lipinski definition) is 2. The van der Waals surface area contributed by atoms with Gasteiger partial charge in [0.2, 0.25) is 0 Å². The van der Waals surface area contributed by atoms with Crippen LogP contribution in [-0.2, 0) is 0 Å². The maximum absolute atomic E-state index is 12.3. The minimum atomic E-state index is 0.00209. The summed E-state index contributed by atoms with van der Waals surface area (Å²) in [4.78, 5) is 14.0. The highest BCUT2D eigenvalue weighted by Crippen LogP contribution is 2.18. The van der Waals surface area contributed by atoms with Crippen LogP contribution >= 0.6 is 15.9 Å². The SMILES string of the molecule is Cc1cc(C(=O)N(C)CCOc2ccccc2)ccc1Br. The van der Waals surface area contributed by atoms with E-state index in [1.807, 2.05) is 55.5 Å². The second-order valence-electron chi connectivity index (χ2n) is 4.85. The minimum Gasteiger partial charge on any atom is -0.492 e. The van der Waals surface area contributed by atoms with Gasteiger partial charge in [0.1, 0.15) is 12.4 Å². The summed E-state index contributed by atoms with van der Waals surface area (Å²) >= 11 is 3.44. The van der Waals surface area contributed by atoms with Crippen molar-refractivity contribution in [2.75, 3.05) is 20.2 Å². The Balaban J connectivity index is 1.89. The van der Waals surface area contributed by atoms with Gasteiger partial charge in [-0.15, -0.1) is 0 Å².